The van der Waals surface area contributed by atoms with Crippen LogP contribution in [0.5, 0.6) is 0 Å². The molecule has 0 aromatic rings. The van der Waals surface area contributed by atoms with E-state index in [1.165, 1.54) is 0 Å². The number of rotatable bonds is 4. The van der Waals surface area contributed by atoms with E-state index in [1.54, 1.807) is 0 Å². The van der Waals surface area contributed by atoms with E-state index in [2.05, 4.69) is 18.7 Å². The standard InChI is InChI=1S/C14H27N3O2/c1-11-8-16(9-12(2)19-11)10-13-4-3-7-17(13)14(18)5-6-15/h11-13H,3-10,15H2,1-2H3/t11-,12-,13+/m1/s1. The van der Waals surface area contributed by atoms with E-state index in [9.17, 15) is 4.79 Å². The minimum absolute atomic E-state index is 0.222. The van der Waals surface area contributed by atoms with Crippen molar-refractivity contribution < 1.29 is 9.53 Å². The Morgan fingerprint density at radius 2 is 2.00 bits per heavy atom. The van der Waals surface area contributed by atoms with E-state index in [0.717, 1.165) is 39.0 Å². The van der Waals surface area contributed by atoms with Crippen LogP contribution < -0.4 is 5.73 Å². The summed E-state index contributed by atoms with van der Waals surface area (Å²) in [6, 6.07) is 0.372. The number of amides is 1. The maximum atomic E-state index is 12.0. The average Bonchev–Trinajstić information content (AvgIpc) is 2.76. The smallest absolute Gasteiger partial charge is 0.224 e. The minimum atomic E-state index is 0.222. The molecular formula is C14H27N3O2. The summed E-state index contributed by atoms with van der Waals surface area (Å²) in [4.78, 5) is 16.5. The zero-order valence-corrected chi connectivity index (χ0v) is 12.2. The lowest BCUT2D eigenvalue weighted by molar-refractivity contribution is -0.132. The molecule has 0 aromatic carbocycles. The number of carbonyl (C=O) groups excluding carboxylic acids is 1. The summed E-state index contributed by atoms with van der Waals surface area (Å²) in [5, 5.41) is 0. The first-order valence-corrected chi connectivity index (χ1v) is 7.47. The number of hydrogen-bond donors (Lipinski definition) is 1. The normalized spacial score (nSPS) is 32.8. The van der Waals surface area contributed by atoms with Crippen LogP contribution in [-0.4, -0.2) is 66.7 Å². The van der Waals surface area contributed by atoms with E-state index in [-0.39, 0.29) is 5.91 Å². The summed E-state index contributed by atoms with van der Waals surface area (Å²) in [6.45, 7) is 8.52. The number of likely N-dealkylation sites (tertiary alicyclic amines) is 1. The molecule has 2 rings (SSSR count). The summed E-state index contributed by atoms with van der Waals surface area (Å²) >= 11 is 0. The zero-order chi connectivity index (χ0) is 13.8. The number of ether oxygens (including phenoxy) is 1. The van der Waals surface area contributed by atoms with Gasteiger partial charge in [-0.1, -0.05) is 0 Å². The van der Waals surface area contributed by atoms with Crippen molar-refractivity contribution in [3.63, 3.8) is 0 Å². The van der Waals surface area contributed by atoms with Gasteiger partial charge in [-0.25, -0.2) is 0 Å². The highest BCUT2D eigenvalue weighted by atomic mass is 16.5. The summed E-state index contributed by atoms with van der Waals surface area (Å²) < 4.78 is 5.75. The lowest BCUT2D eigenvalue weighted by atomic mass is 10.1. The first-order chi connectivity index (χ1) is 9.10. The Kier molecular flexibility index (Phi) is 5.19. The van der Waals surface area contributed by atoms with Crippen LogP contribution in [0.4, 0.5) is 0 Å². The zero-order valence-electron chi connectivity index (χ0n) is 12.2. The lowest BCUT2D eigenvalue weighted by Gasteiger charge is -2.38. The maximum Gasteiger partial charge on any atom is 0.224 e. The molecule has 0 spiro atoms. The molecule has 2 N–H and O–H groups in total. The van der Waals surface area contributed by atoms with E-state index < -0.39 is 0 Å². The van der Waals surface area contributed by atoms with E-state index in [4.69, 9.17) is 10.5 Å². The van der Waals surface area contributed by atoms with E-state index in [1.807, 2.05) is 4.90 Å². The van der Waals surface area contributed by atoms with Gasteiger partial charge in [-0.2, -0.15) is 0 Å². The van der Waals surface area contributed by atoms with Gasteiger partial charge in [0.15, 0.2) is 0 Å². The van der Waals surface area contributed by atoms with Gasteiger partial charge >= 0.3 is 0 Å². The molecule has 2 heterocycles. The second-order valence-electron chi connectivity index (χ2n) is 5.90. The number of hydrogen-bond acceptors (Lipinski definition) is 4. The van der Waals surface area contributed by atoms with Gasteiger partial charge < -0.3 is 15.4 Å². The molecule has 2 saturated heterocycles. The molecule has 5 heteroatoms. The van der Waals surface area contributed by atoms with Gasteiger partial charge in [-0.3, -0.25) is 9.69 Å². The summed E-state index contributed by atoms with van der Waals surface area (Å²) in [5.74, 6) is 0.222. The van der Waals surface area contributed by atoms with Crippen molar-refractivity contribution in [3.05, 3.63) is 0 Å². The molecule has 2 aliphatic heterocycles. The van der Waals surface area contributed by atoms with E-state index in [0.29, 0.717) is 31.2 Å². The van der Waals surface area contributed by atoms with E-state index >= 15 is 0 Å². The van der Waals surface area contributed by atoms with Crippen molar-refractivity contribution in [3.8, 4) is 0 Å². The molecule has 110 valence electrons. The van der Waals surface area contributed by atoms with Crippen LogP contribution >= 0.6 is 0 Å². The number of morpholine rings is 1. The van der Waals surface area contributed by atoms with Gasteiger partial charge in [0.25, 0.3) is 0 Å². The number of nitrogens with zero attached hydrogens (tertiary/aromatic N) is 2. The van der Waals surface area contributed by atoms with Gasteiger partial charge in [-0.15, -0.1) is 0 Å². The van der Waals surface area contributed by atoms with Crippen LogP contribution in [0.15, 0.2) is 0 Å². The fraction of sp³-hybridized carbons (Fsp3) is 0.929. The molecule has 0 saturated carbocycles. The first kappa shape index (κ1) is 14.8. The van der Waals surface area contributed by atoms with Gasteiger partial charge in [0.1, 0.15) is 0 Å². The largest absolute Gasteiger partial charge is 0.373 e. The van der Waals surface area contributed by atoms with Gasteiger partial charge in [0.05, 0.1) is 12.2 Å². The fourth-order valence-electron chi connectivity index (χ4n) is 3.35. The third-order valence-corrected chi connectivity index (χ3v) is 4.02. The molecule has 0 aliphatic carbocycles. The lowest BCUT2D eigenvalue weighted by Crippen LogP contribution is -2.51. The number of carbonyl (C=O) groups is 1. The predicted molar refractivity (Wildman–Crippen MR) is 74.9 cm³/mol. The minimum Gasteiger partial charge on any atom is -0.373 e. The van der Waals surface area contributed by atoms with Crippen LogP contribution in [0.1, 0.15) is 33.1 Å². The molecule has 19 heavy (non-hydrogen) atoms. The van der Waals surface area contributed by atoms with Crippen LogP contribution in [-0.2, 0) is 9.53 Å². The Morgan fingerprint density at radius 1 is 1.32 bits per heavy atom. The van der Waals surface area contributed by atoms with Crippen molar-refractivity contribution in [2.75, 3.05) is 32.7 Å². The second-order valence-corrected chi connectivity index (χ2v) is 5.90. The van der Waals surface area contributed by atoms with Gasteiger partial charge in [-0.05, 0) is 26.7 Å². The fourth-order valence-corrected chi connectivity index (χ4v) is 3.35. The molecule has 0 aromatic heterocycles. The maximum absolute atomic E-state index is 12.0. The highest BCUT2D eigenvalue weighted by molar-refractivity contribution is 5.77. The van der Waals surface area contributed by atoms with Crippen LogP contribution in [0.2, 0.25) is 0 Å². The summed E-state index contributed by atoms with van der Waals surface area (Å²) in [7, 11) is 0. The van der Waals surface area contributed by atoms with Crippen LogP contribution in [0.3, 0.4) is 0 Å². The van der Waals surface area contributed by atoms with Gasteiger partial charge in [0, 0.05) is 45.2 Å². The van der Waals surface area contributed by atoms with Gasteiger partial charge in [0.2, 0.25) is 5.91 Å². The molecular weight excluding hydrogens is 242 g/mol. The van der Waals surface area contributed by atoms with Crippen molar-refractivity contribution in [2.24, 2.45) is 5.73 Å². The molecule has 0 bridgehead atoms. The quantitative estimate of drug-likeness (QED) is 0.804. The van der Waals surface area contributed by atoms with Crippen molar-refractivity contribution in [1.82, 2.24) is 9.80 Å². The van der Waals surface area contributed by atoms with Crippen LogP contribution in [0.25, 0.3) is 0 Å². The second kappa shape index (κ2) is 6.68. The van der Waals surface area contributed by atoms with Crippen molar-refractivity contribution >= 4 is 5.91 Å². The average molecular weight is 269 g/mol. The monoisotopic (exact) mass is 269 g/mol. The first-order valence-electron chi connectivity index (χ1n) is 7.47. The summed E-state index contributed by atoms with van der Waals surface area (Å²) in [6.07, 6.45) is 3.30. The molecule has 0 radical (unpaired) electrons. The molecule has 0 unspecified atom stereocenters. The highest BCUT2D eigenvalue weighted by Gasteiger charge is 2.31. The Balaban J connectivity index is 1.88. The summed E-state index contributed by atoms with van der Waals surface area (Å²) in [5.41, 5.74) is 5.49. The molecule has 2 fully saturated rings. The highest BCUT2D eigenvalue weighted by Crippen LogP contribution is 2.21. The van der Waals surface area contributed by atoms with Crippen molar-refractivity contribution in [1.29, 1.82) is 0 Å². The molecule has 3 atom stereocenters. The SMILES string of the molecule is C[C@@H]1CN(C[C@@H]2CCCN2C(=O)CCN)C[C@@H](C)O1. The Morgan fingerprint density at radius 3 is 2.63 bits per heavy atom. The Hall–Kier alpha value is -0.650. The Labute approximate surface area is 116 Å². The molecule has 2 aliphatic rings. The predicted octanol–water partition coefficient (Wildman–Crippen LogP) is 0.435. The van der Waals surface area contributed by atoms with Crippen LogP contribution in [0, 0.1) is 0 Å². The molecule has 5 nitrogen and oxygen atoms in total. The third kappa shape index (κ3) is 3.91. The molecule has 1 amide bonds. The third-order valence-electron chi connectivity index (χ3n) is 4.02. The number of nitrogens with two attached hydrogens (primary N) is 1. The topological polar surface area (TPSA) is 58.8 Å². The van der Waals surface area contributed by atoms with Crippen molar-refractivity contribution in [2.45, 2.75) is 51.4 Å². The Bertz CT molecular complexity index is 301.